The van der Waals surface area contributed by atoms with Crippen molar-refractivity contribution in [2.24, 2.45) is 5.73 Å². The highest BCUT2D eigenvalue weighted by Crippen LogP contribution is 2.44. The number of phosphoric ester groups is 1. The van der Waals surface area contributed by atoms with Crippen molar-refractivity contribution < 1.29 is 28.3 Å². The Balaban J connectivity index is 3.51. The highest BCUT2D eigenvalue weighted by atomic mass is 31.2. The normalized spacial score (nSPS) is 14.9. The molecule has 0 saturated carbocycles. The van der Waals surface area contributed by atoms with Crippen molar-refractivity contribution in [3.05, 3.63) is 12.3 Å². The van der Waals surface area contributed by atoms with Gasteiger partial charge in [0.15, 0.2) is 0 Å². The van der Waals surface area contributed by atoms with Gasteiger partial charge in [-0.2, -0.15) is 0 Å². The van der Waals surface area contributed by atoms with E-state index in [0.717, 1.165) is 12.8 Å². The largest absolute Gasteiger partial charge is 0.499 e. The van der Waals surface area contributed by atoms with Crippen LogP contribution in [0.2, 0.25) is 0 Å². The van der Waals surface area contributed by atoms with Crippen molar-refractivity contribution in [2.75, 3.05) is 26.4 Å². The van der Waals surface area contributed by atoms with Crippen molar-refractivity contribution in [3.8, 4) is 0 Å². The summed E-state index contributed by atoms with van der Waals surface area (Å²) in [5.41, 5.74) is 5.21. The zero-order valence-electron chi connectivity index (χ0n) is 18.3. The van der Waals surface area contributed by atoms with Crippen molar-refractivity contribution in [1.82, 2.24) is 0 Å². The topological polar surface area (TPSA) is 111 Å². The first-order valence-corrected chi connectivity index (χ1v) is 12.8. The first kappa shape index (κ1) is 28.6. The van der Waals surface area contributed by atoms with Crippen LogP contribution in [0.1, 0.15) is 90.4 Å². The summed E-state index contributed by atoms with van der Waals surface area (Å²) < 4.78 is 26.3. The lowest BCUT2D eigenvalue weighted by atomic mass is 10.0. The minimum Gasteiger partial charge on any atom is -0.499 e. The molecule has 0 bridgehead atoms. The van der Waals surface area contributed by atoms with Gasteiger partial charge in [0.25, 0.3) is 0 Å². The predicted octanol–water partition coefficient (Wildman–Crippen LogP) is 5.06. The molecular formula is C21H44NO6P. The SMILES string of the molecule is CCCCCCCCCCCCCC/C=C\OC[C@H](CO)OP(=O)(O)OCCN. The van der Waals surface area contributed by atoms with Crippen molar-refractivity contribution in [3.63, 3.8) is 0 Å². The molecule has 7 nitrogen and oxygen atoms in total. The number of rotatable bonds is 22. The Morgan fingerprint density at radius 1 is 0.966 bits per heavy atom. The molecule has 0 aliphatic carbocycles. The van der Waals surface area contributed by atoms with Gasteiger partial charge in [-0.25, -0.2) is 4.57 Å². The Morgan fingerprint density at radius 3 is 2.03 bits per heavy atom. The van der Waals surface area contributed by atoms with E-state index in [-0.39, 0.29) is 19.8 Å². The minimum absolute atomic E-state index is 0.0258. The van der Waals surface area contributed by atoms with Gasteiger partial charge in [-0.15, -0.1) is 0 Å². The van der Waals surface area contributed by atoms with Crippen molar-refractivity contribution in [2.45, 2.75) is 96.5 Å². The lowest BCUT2D eigenvalue weighted by Gasteiger charge is -2.18. The molecule has 1 unspecified atom stereocenters. The van der Waals surface area contributed by atoms with E-state index in [0.29, 0.717) is 0 Å². The maximum absolute atomic E-state index is 11.6. The Labute approximate surface area is 177 Å². The summed E-state index contributed by atoms with van der Waals surface area (Å²) in [5.74, 6) is 0. The molecule has 4 N–H and O–H groups in total. The Hall–Kier alpha value is -0.430. The standard InChI is InChI=1S/C21H44NO6P/c1-2-3-4-5-6-7-8-9-10-11-12-13-14-15-17-26-20-21(19-23)28-29(24,25)27-18-16-22/h15,17,21,23H,2-14,16,18-20,22H2,1H3,(H,24,25)/b17-15-/t21-/m0/s1. The molecule has 174 valence electrons. The molecule has 0 radical (unpaired) electrons. The Kier molecular flexibility index (Phi) is 20.5. The summed E-state index contributed by atoms with van der Waals surface area (Å²) in [6.07, 6.45) is 19.4. The zero-order valence-corrected chi connectivity index (χ0v) is 19.2. The van der Waals surface area contributed by atoms with Crippen LogP contribution < -0.4 is 5.73 Å². The van der Waals surface area contributed by atoms with Crippen LogP contribution in [0.4, 0.5) is 0 Å². The molecule has 0 aromatic rings. The third kappa shape index (κ3) is 20.6. The molecule has 0 saturated heterocycles. The number of aliphatic hydroxyl groups excluding tert-OH is 1. The van der Waals surface area contributed by atoms with Gasteiger partial charge in [-0.3, -0.25) is 9.05 Å². The lowest BCUT2D eigenvalue weighted by molar-refractivity contribution is 0.0252. The molecule has 8 heteroatoms. The molecule has 29 heavy (non-hydrogen) atoms. The average Bonchev–Trinajstić information content (AvgIpc) is 2.71. The quantitative estimate of drug-likeness (QED) is 0.123. The molecule has 0 aliphatic heterocycles. The molecular weight excluding hydrogens is 393 g/mol. The van der Waals surface area contributed by atoms with Crippen LogP contribution in [0.5, 0.6) is 0 Å². The molecule has 0 rings (SSSR count). The van der Waals surface area contributed by atoms with E-state index in [4.69, 9.17) is 15.0 Å². The van der Waals surface area contributed by atoms with Crippen LogP contribution in [0.3, 0.4) is 0 Å². The van der Waals surface area contributed by atoms with E-state index in [1.807, 2.05) is 6.08 Å². The number of aliphatic hydroxyl groups is 1. The fraction of sp³-hybridized carbons (Fsp3) is 0.905. The minimum atomic E-state index is -4.22. The highest BCUT2D eigenvalue weighted by Gasteiger charge is 2.26. The molecule has 0 aromatic heterocycles. The van der Waals surface area contributed by atoms with Gasteiger partial charge in [0, 0.05) is 6.54 Å². The smallest absolute Gasteiger partial charge is 0.472 e. The molecule has 0 aliphatic rings. The van der Waals surface area contributed by atoms with Gasteiger partial charge < -0.3 is 20.5 Å². The van der Waals surface area contributed by atoms with E-state index in [1.165, 1.54) is 70.6 Å². The second-order valence-electron chi connectivity index (χ2n) is 7.38. The van der Waals surface area contributed by atoms with Gasteiger partial charge in [0.1, 0.15) is 12.7 Å². The van der Waals surface area contributed by atoms with Gasteiger partial charge >= 0.3 is 7.82 Å². The van der Waals surface area contributed by atoms with Gasteiger partial charge in [0.05, 0.1) is 19.5 Å². The van der Waals surface area contributed by atoms with E-state index in [9.17, 15) is 14.6 Å². The van der Waals surface area contributed by atoms with E-state index in [1.54, 1.807) is 6.26 Å². The lowest BCUT2D eigenvalue weighted by Crippen LogP contribution is -2.22. The number of nitrogens with two attached hydrogens (primary N) is 1. The number of allylic oxidation sites excluding steroid dienone is 1. The van der Waals surface area contributed by atoms with Crippen LogP contribution in [0, 0.1) is 0 Å². The van der Waals surface area contributed by atoms with Crippen LogP contribution in [0.25, 0.3) is 0 Å². The highest BCUT2D eigenvalue weighted by molar-refractivity contribution is 7.47. The third-order valence-electron chi connectivity index (χ3n) is 4.56. The molecule has 0 spiro atoms. The van der Waals surface area contributed by atoms with Crippen molar-refractivity contribution in [1.29, 1.82) is 0 Å². The number of hydrogen-bond acceptors (Lipinski definition) is 6. The average molecular weight is 438 g/mol. The molecule has 0 fully saturated rings. The van der Waals surface area contributed by atoms with Crippen LogP contribution in [-0.2, 0) is 18.3 Å². The summed E-state index contributed by atoms with van der Waals surface area (Å²) in [5, 5.41) is 9.20. The van der Waals surface area contributed by atoms with Gasteiger partial charge in [-0.05, 0) is 18.9 Å². The first-order valence-electron chi connectivity index (χ1n) is 11.3. The number of phosphoric acid groups is 1. The van der Waals surface area contributed by atoms with E-state index >= 15 is 0 Å². The van der Waals surface area contributed by atoms with Crippen LogP contribution in [-0.4, -0.2) is 42.5 Å². The summed E-state index contributed by atoms with van der Waals surface area (Å²) in [6.45, 7) is 1.80. The third-order valence-corrected chi connectivity index (χ3v) is 5.63. The summed E-state index contributed by atoms with van der Waals surface area (Å²) in [4.78, 5) is 9.45. The van der Waals surface area contributed by atoms with Crippen LogP contribution >= 0.6 is 7.82 Å². The number of unbranched alkanes of at least 4 members (excludes halogenated alkanes) is 12. The predicted molar refractivity (Wildman–Crippen MR) is 118 cm³/mol. The number of hydrogen-bond donors (Lipinski definition) is 3. The summed E-state index contributed by atoms with van der Waals surface area (Å²) in [6, 6.07) is 0. The van der Waals surface area contributed by atoms with E-state index in [2.05, 4.69) is 11.4 Å². The van der Waals surface area contributed by atoms with Crippen molar-refractivity contribution >= 4 is 7.82 Å². The van der Waals surface area contributed by atoms with E-state index < -0.39 is 20.5 Å². The monoisotopic (exact) mass is 437 g/mol. The summed E-state index contributed by atoms with van der Waals surface area (Å²) in [7, 11) is -4.22. The fourth-order valence-electron chi connectivity index (χ4n) is 2.91. The fourth-order valence-corrected chi connectivity index (χ4v) is 3.81. The second kappa shape index (κ2) is 20.8. The zero-order chi connectivity index (χ0) is 21.6. The first-order chi connectivity index (χ1) is 14.1. The molecule has 2 atom stereocenters. The maximum atomic E-state index is 11.6. The van der Waals surface area contributed by atoms with Gasteiger partial charge in [-0.1, -0.05) is 77.6 Å². The molecule has 0 aromatic carbocycles. The molecule has 0 amide bonds. The summed E-state index contributed by atoms with van der Waals surface area (Å²) >= 11 is 0. The Morgan fingerprint density at radius 2 is 1.52 bits per heavy atom. The maximum Gasteiger partial charge on any atom is 0.472 e. The number of ether oxygens (including phenoxy) is 1. The Bertz CT molecular complexity index is 422. The van der Waals surface area contributed by atoms with Crippen LogP contribution in [0.15, 0.2) is 12.3 Å². The van der Waals surface area contributed by atoms with Gasteiger partial charge in [0.2, 0.25) is 0 Å². The second-order valence-corrected chi connectivity index (χ2v) is 8.79. The molecule has 0 heterocycles.